The van der Waals surface area contributed by atoms with Crippen LogP contribution in [0.15, 0.2) is 29.3 Å². The molecule has 1 nitrogen and oxygen atoms in total. The fourth-order valence-electron chi connectivity index (χ4n) is 1.06. The van der Waals surface area contributed by atoms with Gasteiger partial charge in [0.2, 0.25) is 0 Å². The summed E-state index contributed by atoms with van der Waals surface area (Å²) in [5.74, 6) is -0.0945. The first-order chi connectivity index (χ1) is 7.32. The van der Waals surface area contributed by atoms with Crippen LogP contribution in [0.4, 0.5) is 18.9 Å². The Balaban J connectivity index is 3.20. The molecule has 0 aliphatic heterocycles. The Labute approximate surface area is 97.0 Å². The van der Waals surface area contributed by atoms with E-state index in [1.807, 2.05) is 0 Å². The number of halogens is 4. The van der Waals surface area contributed by atoms with Crippen molar-refractivity contribution in [1.82, 2.24) is 0 Å². The van der Waals surface area contributed by atoms with Gasteiger partial charge in [0, 0.05) is 5.92 Å². The second-order valence-corrected chi connectivity index (χ2v) is 3.99. The molecule has 1 rings (SSSR count). The normalized spacial score (nSPS) is 13.3. The second kappa shape index (κ2) is 4.87. The van der Waals surface area contributed by atoms with Gasteiger partial charge in [0.05, 0.1) is 11.3 Å². The van der Waals surface area contributed by atoms with Crippen LogP contribution in [0.5, 0.6) is 0 Å². The number of aliphatic imine (C=N–C) groups is 1. The summed E-state index contributed by atoms with van der Waals surface area (Å²) < 4.78 is 37.8. The zero-order chi connectivity index (χ0) is 12.3. The van der Waals surface area contributed by atoms with Crippen molar-refractivity contribution in [2.45, 2.75) is 20.0 Å². The molecule has 88 valence electrons. The maximum Gasteiger partial charge on any atom is 0.418 e. The van der Waals surface area contributed by atoms with Crippen molar-refractivity contribution in [2.24, 2.45) is 10.9 Å². The van der Waals surface area contributed by atoms with Gasteiger partial charge in [-0.1, -0.05) is 37.6 Å². The number of benzene rings is 1. The van der Waals surface area contributed by atoms with E-state index in [1.54, 1.807) is 13.8 Å². The van der Waals surface area contributed by atoms with Crippen LogP contribution in [-0.2, 0) is 6.18 Å². The Morgan fingerprint density at radius 2 is 1.81 bits per heavy atom. The Hall–Kier alpha value is -1.03. The molecule has 0 unspecified atom stereocenters. The van der Waals surface area contributed by atoms with Crippen LogP contribution in [0.1, 0.15) is 19.4 Å². The lowest BCUT2D eigenvalue weighted by atomic mass is 10.1. The quantitative estimate of drug-likeness (QED) is 0.678. The molecule has 0 aliphatic carbocycles. The molecule has 0 aromatic heterocycles. The SMILES string of the molecule is CC(C)C(Cl)=Nc1ccccc1C(F)(F)F. The Bertz CT molecular complexity index is 396. The van der Waals surface area contributed by atoms with Gasteiger partial charge in [-0.15, -0.1) is 0 Å². The van der Waals surface area contributed by atoms with Crippen molar-refractivity contribution >= 4 is 22.5 Å². The minimum absolute atomic E-state index is 0.0945. The predicted molar refractivity (Wildman–Crippen MR) is 59.2 cm³/mol. The molecule has 0 fully saturated rings. The average Bonchev–Trinajstić information content (AvgIpc) is 2.16. The Morgan fingerprint density at radius 3 is 2.31 bits per heavy atom. The molecule has 0 N–H and O–H groups in total. The van der Waals surface area contributed by atoms with Gasteiger partial charge in [-0.05, 0) is 12.1 Å². The minimum atomic E-state index is -4.41. The summed E-state index contributed by atoms with van der Waals surface area (Å²) in [6.45, 7) is 3.53. The van der Waals surface area contributed by atoms with Crippen molar-refractivity contribution < 1.29 is 13.2 Å². The first kappa shape index (κ1) is 13.0. The third kappa shape index (κ3) is 3.23. The van der Waals surface area contributed by atoms with Crippen LogP contribution in [0.25, 0.3) is 0 Å². The maximum absolute atomic E-state index is 12.6. The topological polar surface area (TPSA) is 12.4 Å². The van der Waals surface area contributed by atoms with E-state index in [9.17, 15) is 13.2 Å². The molecule has 0 amide bonds. The van der Waals surface area contributed by atoms with Gasteiger partial charge in [-0.2, -0.15) is 13.2 Å². The van der Waals surface area contributed by atoms with Gasteiger partial charge >= 0.3 is 6.18 Å². The number of para-hydroxylation sites is 1. The van der Waals surface area contributed by atoms with Gasteiger partial charge < -0.3 is 0 Å². The van der Waals surface area contributed by atoms with E-state index >= 15 is 0 Å². The highest BCUT2D eigenvalue weighted by Crippen LogP contribution is 2.36. The van der Waals surface area contributed by atoms with Crippen LogP contribution in [0, 0.1) is 5.92 Å². The third-order valence-electron chi connectivity index (χ3n) is 1.91. The minimum Gasteiger partial charge on any atom is -0.240 e. The number of nitrogens with zero attached hydrogens (tertiary/aromatic N) is 1. The Morgan fingerprint density at radius 1 is 1.25 bits per heavy atom. The Kier molecular flexibility index (Phi) is 3.97. The molecule has 0 saturated heterocycles. The zero-order valence-corrected chi connectivity index (χ0v) is 9.60. The summed E-state index contributed by atoms with van der Waals surface area (Å²) in [5.41, 5.74) is -0.914. The van der Waals surface area contributed by atoms with Gasteiger partial charge in [0.25, 0.3) is 0 Å². The van der Waals surface area contributed by atoms with Crippen LogP contribution in [-0.4, -0.2) is 5.17 Å². The number of hydrogen-bond acceptors (Lipinski definition) is 1. The van der Waals surface area contributed by atoms with Crippen molar-refractivity contribution in [1.29, 1.82) is 0 Å². The molecule has 0 heterocycles. The lowest BCUT2D eigenvalue weighted by molar-refractivity contribution is -0.137. The summed E-state index contributed by atoms with van der Waals surface area (Å²) in [4.78, 5) is 3.79. The molecule has 16 heavy (non-hydrogen) atoms. The van der Waals surface area contributed by atoms with Gasteiger partial charge in [-0.3, -0.25) is 0 Å². The van der Waals surface area contributed by atoms with Crippen molar-refractivity contribution in [3.05, 3.63) is 29.8 Å². The summed E-state index contributed by atoms with van der Waals surface area (Å²) in [6, 6.07) is 5.11. The summed E-state index contributed by atoms with van der Waals surface area (Å²) in [6.07, 6.45) is -4.41. The molecule has 0 saturated carbocycles. The lowest BCUT2D eigenvalue weighted by Gasteiger charge is -2.10. The molecule has 1 aromatic rings. The van der Waals surface area contributed by atoms with Crippen LogP contribution in [0.2, 0.25) is 0 Å². The molecule has 0 aliphatic rings. The molecule has 0 spiro atoms. The van der Waals surface area contributed by atoms with E-state index in [0.29, 0.717) is 0 Å². The molecule has 1 aromatic carbocycles. The first-order valence-corrected chi connectivity index (χ1v) is 5.10. The number of rotatable bonds is 2. The summed E-state index contributed by atoms with van der Waals surface area (Å²) >= 11 is 5.75. The van der Waals surface area contributed by atoms with E-state index in [2.05, 4.69) is 4.99 Å². The second-order valence-electron chi connectivity index (χ2n) is 3.60. The molecule has 5 heteroatoms. The van der Waals surface area contributed by atoms with Crippen LogP contribution < -0.4 is 0 Å². The highest BCUT2D eigenvalue weighted by molar-refractivity contribution is 6.66. The fraction of sp³-hybridized carbons (Fsp3) is 0.364. The van der Waals surface area contributed by atoms with Crippen LogP contribution >= 0.6 is 11.6 Å². The lowest BCUT2D eigenvalue weighted by Crippen LogP contribution is -2.06. The monoisotopic (exact) mass is 249 g/mol. The number of hydrogen-bond donors (Lipinski definition) is 0. The first-order valence-electron chi connectivity index (χ1n) is 4.72. The zero-order valence-electron chi connectivity index (χ0n) is 8.85. The van der Waals surface area contributed by atoms with E-state index in [1.165, 1.54) is 18.2 Å². The van der Waals surface area contributed by atoms with E-state index in [-0.39, 0.29) is 16.8 Å². The van der Waals surface area contributed by atoms with Gasteiger partial charge in [0.1, 0.15) is 5.17 Å². The predicted octanol–water partition coefficient (Wildman–Crippen LogP) is 4.63. The van der Waals surface area contributed by atoms with E-state index in [4.69, 9.17) is 11.6 Å². The molecule has 0 bridgehead atoms. The fourth-order valence-corrected chi connectivity index (χ4v) is 1.15. The van der Waals surface area contributed by atoms with Gasteiger partial charge in [0.15, 0.2) is 0 Å². The molecular weight excluding hydrogens is 239 g/mol. The third-order valence-corrected chi connectivity index (χ3v) is 2.43. The van der Waals surface area contributed by atoms with E-state index < -0.39 is 11.7 Å². The summed E-state index contributed by atoms with van der Waals surface area (Å²) in [5, 5.41) is 0.164. The highest BCUT2D eigenvalue weighted by Gasteiger charge is 2.33. The molecule has 0 atom stereocenters. The number of alkyl halides is 3. The van der Waals surface area contributed by atoms with Gasteiger partial charge in [-0.25, -0.2) is 4.99 Å². The van der Waals surface area contributed by atoms with E-state index in [0.717, 1.165) is 6.07 Å². The van der Waals surface area contributed by atoms with Crippen LogP contribution in [0.3, 0.4) is 0 Å². The van der Waals surface area contributed by atoms with Crippen molar-refractivity contribution in [3.8, 4) is 0 Å². The molecule has 0 radical (unpaired) electrons. The maximum atomic E-state index is 12.6. The molecular formula is C11H11ClF3N. The largest absolute Gasteiger partial charge is 0.418 e. The van der Waals surface area contributed by atoms with Crippen molar-refractivity contribution in [3.63, 3.8) is 0 Å². The average molecular weight is 250 g/mol. The van der Waals surface area contributed by atoms with Crippen molar-refractivity contribution in [2.75, 3.05) is 0 Å². The summed E-state index contributed by atoms with van der Waals surface area (Å²) in [7, 11) is 0. The standard InChI is InChI=1S/C11H11ClF3N/c1-7(2)10(12)16-9-6-4-3-5-8(9)11(13,14)15/h3-7H,1-2H3. The highest BCUT2D eigenvalue weighted by atomic mass is 35.5. The smallest absolute Gasteiger partial charge is 0.240 e.